The van der Waals surface area contributed by atoms with Crippen LogP contribution in [0.1, 0.15) is 42.9 Å². The molecule has 13 nitrogen and oxygen atoms in total. The molecule has 1 aromatic carbocycles. The second-order valence-corrected chi connectivity index (χ2v) is 7.09. The van der Waals surface area contributed by atoms with Gasteiger partial charge in [-0.15, -0.1) is 23.7 Å². The normalized spacial score (nSPS) is 10.7. The number of esters is 3. The fraction of sp³-hybridized carbons (Fsp3) is 0.263. The van der Waals surface area contributed by atoms with Gasteiger partial charge in [0.2, 0.25) is 0 Å². The van der Waals surface area contributed by atoms with E-state index in [4.69, 9.17) is 19.9 Å². The lowest BCUT2D eigenvalue weighted by Gasteiger charge is -2.16. The first kappa shape index (κ1) is 28.1. The number of nitrogens with zero attached hydrogens (tertiary/aromatic N) is 1. The number of thiazole rings is 1. The lowest BCUT2D eigenvalue weighted by atomic mass is 10.2. The minimum absolute atomic E-state index is 0. The quantitative estimate of drug-likeness (QED) is 0.237. The third-order valence-electron chi connectivity index (χ3n) is 3.64. The molecule has 0 aliphatic heterocycles. The molecule has 0 aliphatic rings. The van der Waals surface area contributed by atoms with E-state index in [1.54, 1.807) is 6.92 Å². The summed E-state index contributed by atoms with van der Waals surface area (Å²) in [5.41, 5.74) is 9.93. The highest BCUT2D eigenvalue weighted by Crippen LogP contribution is 2.29. The lowest BCUT2D eigenvalue weighted by molar-refractivity contribution is -0.145. The van der Waals surface area contributed by atoms with Crippen molar-refractivity contribution in [1.29, 1.82) is 0 Å². The molecule has 34 heavy (non-hydrogen) atoms. The SMILES string of the molecule is CCOC(=O)C(NC(=O)NNC(=O)c1ccc(OC(C)=O)c(OC(C)=O)c1)c1csc(N)n1.Cl. The van der Waals surface area contributed by atoms with Crippen molar-refractivity contribution in [1.82, 2.24) is 21.2 Å². The molecule has 2 rings (SSSR count). The maximum absolute atomic E-state index is 12.4. The van der Waals surface area contributed by atoms with Crippen molar-refractivity contribution < 1.29 is 38.2 Å². The van der Waals surface area contributed by atoms with E-state index in [0.29, 0.717) is 0 Å². The summed E-state index contributed by atoms with van der Waals surface area (Å²) in [6.07, 6.45) is 0. The van der Waals surface area contributed by atoms with Gasteiger partial charge in [-0.1, -0.05) is 0 Å². The predicted molar refractivity (Wildman–Crippen MR) is 121 cm³/mol. The number of carbonyl (C=O) groups is 5. The Morgan fingerprint density at radius 2 is 1.71 bits per heavy atom. The first-order valence-corrected chi connectivity index (χ1v) is 10.2. The zero-order valence-electron chi connectivity index (χ0n) is 18.2. The van der Waals surface area contributed by atoms with Crippen molar-refractivity contribution in [3.05, 3.63) is 34.8 Å². The first-order valence-electron chi connectivity index (χ1n) is 9.36. The van der Waals surface area contributed by atoms with Crippen LogP contribution in [-0.2, 0) is 19.1 Å². The molecule has 1 aromatic heterocycles. The van der Waals surface area contributed by atoms with Crippen LogP contribution in [0.25, 0.3) is 0 Å². The summed E-state index contributed by atoms with van der Waals surface area (Å²) >= 11 is 1.07. The summed E-state index contributed by atoms with van der Waals surface area (Å²) in [6, 6.07) is 1.48. The van der Waals surface area contributed by atoms with Crippen molar-refractivity contribution in [2.45, 2.75) is 26.8 Å². The van der Waals surface area contributed by atoms with Gasteiger partial charge in [-0.3, -0.25) is 19.8 Å². The molecular formula is C19H22ClN5O8S. The van der Waals surface area contributed by atoms with Crippen LogP contribution < -0.4 is 31.4 Å². The van der Waals surface area contributed by atoms with Crippen LogP contribution in [0.5, 0.6) is 11.5 Å². The Morgan fingerprint density at radius 3 is 2.26 bits per heavy atom. The Labute approximate surface area is 203 Å². The second-order valence-electron chi connectivity index (χ2n) is 6.20. The van der Waals surface area contributed by atoms with E-state index in [1.165, 1.54) is 17.5 Å². The van der Waals surface area contributed by atoms with Gasteiger partial charge in [0.1, 0.15) is 0 Å². The van der Waals surface area contributed by atoms with Crippen LogP contribution >= 0.6 is 23.7 Å². The Hall–Kier alpha value is -3.91. The fourth-order valence-electron chi connectivity index (χ4n) is 2.39. The van der Waals surface area contributed by atoms with E-state index >= 15 is 0 Å². The number of aromatic nitrogens is 1. The second kappa shape index (κ2) is 13.0. The lowest BCUT2D eigenvalue weighted by Crippen LogP contribution is -2.49. The molecule has 0 aliphatic carbocycles. The van der Waals surface area contributed by atoms with E-state index in [9.17, 15) is 24.0 Å². The highest BCUT2D eigenvalue weighted by Gasteiger charge is 2.27. The molecule has 1 atom stereocenters. The Bertz CT molecular complexity index is 1080. The van der Waals surface area contributed by atoms with Gasteiger partial charge in [0, 0.05) is 24.8 Å². The summed E-state index contributed by atoms with van der Waals surface area (Å²) < 4.78 is 14.8. The van der Waals surface area contributed by atoms with E-state index in [0.717, 1.165) is 31.3 Å². The third-order valence-corrected chi connectivity index (χ3v) is 4.33. The van der Waals surface area contributed by atoms with Crippen LogP contribution in [0.3, 0.4) is 0 Å². The van der Waals surface area contributed by atoms with Crippen LogP contribution in [0, 0.1) is 0 Å². The number of hydrogen-bond acceptors (Lipinski definition) is 11. The topological polar surface area (TPSA) is 188 Å². The molecule has 0 bridgehead atoms. The first-order chi connectivity index (χ1) is 15.6. The average Bonchev–Trinajstić information content (AvgIpc) is 3.16. The summed E-state index contributed by atoms with van der Waals surface area (Å²) in [7, 11) is 0. The molecule has 0 radical (unpaired) electrons. The smallest absolute Gasteiger partial charge is 0.335 e. The highest BCUT2D eigenvalue weighted by molar-refractivity contribution is 7.13. The minimum atomic E-state index is -1.26. The largest absolute Gasteiger partial charge is 0.464 e. The summed E-state index contributed by atoms with van der Waals surface area (Å²) in [6.45, 7) is 3.96. The zero-order chi connectivity index (χ0) is 24.5. The Morgan fingerprint density at radius 1 is 1.06 bits per heavy atom. The molecule has 0 spiro atoms. The molecule has 2 aromatic rings. The summed E-state index contributed by atoms with van der Waals surface area (Å²) in [5, 5.41) is 4.00. The van der Waals surface area contributed by atoms with Crippen molar-refractivity contribution in [2.24, 2.45) is 0 Å². The molecule has 3 amide bonds. The van der Waals surface area contributed by atoms with Crippen LogP contribution in [-0.4, -0.2) is 41.4 Å². The van der Waals surface area contributed by atoms with Gasteiger partial charge in [0.15, 0.2) is 22.7 Å². The number of rotatable bonds is 7. The highest BCUT2D eigenvalue weighted by atomic mass is 35.5. The Kier molecular flexibility index (Phi) is 10.7. The minimum Gasteiger partial charge on any atom is -0.464 e. The van der Waals surface area contributed by atoms with Crippen molar-refractivity contribution in [2.75, 3.05) is 12.3 Å². The number of halogens is 1. The van der Waals surface area contributed by atoms with E-state index in [2.05, 4.69) is 21.2 Å². The number of urea groups is 1. The van der Waals surface area contributed by atoms with Gasteiger partial charge in [0.25, 0.3) is 5.91 Å². The standard InChI is InChI=1S/C19H21N5O8S.ClH/c1-4-30-17(28)15(12-8-33-18(20)21-12)22-19(29)24-23-16(27)11-5-6-13(31-9(2)25)14(7-11)32-10(3)26;/h5-8,15H,4H2,1-3H3,(H2,20,21)(H,23,27)(H2,22,24,29);1H. The number of anilines is 1. The number of benzene rings is 1. The molecule has 1 heterocycles. The van der Waals surface area contributed by atoms with Crippen molar-refractivity contribution >= 4 is 58.7 Å². The number of amides is 3. The number of hydrogen-bond donors (Lipinski definition) is 4. The monoisotopic (exact) mass is 515 g/mol. The average molecular weight is 516 g/mol. The molecule has 1 unspecified atom stereocenters. The van der Waals surface area contributed by atoms with E-state index in [-0.39, 0.29) is 46.9 Å². The third kappa shape index (κ3) is 8.22. The van der Waals surface area contributed by atoms with Gasteiger partial charge in [-0.25, -0.2) is 20.0 Å². The van der Waals surface area contributed by atoms with Gasteiger partial charge >= 0.3 is 23.9 Å². The zero-order valence-corrected chi connectivity index (χ0v) is 19.8. The van der Waals surface area contributed by atoms with Crippen LogP contribution in [0.4, 0.5) is 9.93 Å². The van der Waals surface area contributed by atoms with Crippen LogP contribution in [0.15, 0.2) is 23.6 Å². The van der Waals surface area contributed by atoms with E-state index < -0.39 is 35.9 Å². The maximum Gasteiger partial charge on any atom is 0.335 e. The molecule has 5 N–H and O–H groups in total. The molecule has 0 saturated heterocycles. The summed E-state index contributed by atoms with van der Waals surface area (Å²) in [4.78, 5) is 63.3. The number of carbonyl (C=O) groups excluding carboxylic acids is 5. The predicted octanol–water partition coefficient (Wildman–Crippen LogP) is 1.25. The van der Waals surface area contributed by atoms with Crippen LogP contribution in [0.2, 0.25) is 0 Å². The molecule has 0 saturated carbocycles. The van der Waals surface area contributed by atoms with Gasteiger partial charge < -0.3 is 25.3 Å². The van der Waals surface area contributed by atoms with E-state index in [1.807, 2.05) is 0 Å². The Balaban J connectivity index is 0.00000578. The molecule has 0 fully saturated rings. The number of ether oxygens (including phenoxy) is 3. The number of nitrogen functional groups attached to an aromatic ring is 1. The van der Waals surface area contributed by atoms with Gasteiger partial charge in [0.05, 0.1) is 12.3 Å². The maximum atomic E-state index is 12.4. The number of nitrogens with one attached hydrogen (secondary N) is 3. The number of hydrazine groups is 1. The van der Waals surface area contributed by atoms with Crippen molar-refractivity contribution in [3.8, 4) is 11.5 Å². The molecule has 15 heteroatoms. The summed E-state index contributed by atoms with van der Waals surface area (Å²) in [5.74, 6) is -3.16. The van der Waals surface area contributed by atoms with Gasteiger partial charge in [-0.2, -0.15) is 0 Å². The molecular weight excluding hydrogens is 494 g/mol. The number of nitrogens with two attached hydrogens (primary N) is 1. The fourth-order valence-corrected chi connectivity index (χ4v) is 2.98. The molecule has 184 valence electrons. The van der Waals surface area contributed by atoms with Crippen molar-refractivity contribution in [3.63, 3.8) is 0 Å². The van der Waals surface area contributed by atoms with Gasteiger partial charge in [-0.05, 0) is 25.1 Å².